The zero-order valence-corrected chi connectivity index (χ0v) is 17.6. The minimum atomic E-state index is -0.0964. The minimum Gasteiger partial charge on any atom is -0.348 e. The lowest BCUT2D eigenvalue weighted by Crippen LogP contribution is -2.23. The van der Waals surface area contributed by atoms with E-state index in [4.69, 9.17) is 4.98 Å². The van der Waals surface area contributed by atoms with E-state index in [1.807, 2.05) is 55.7 Å². The lowest BCUT2D eigenvalue weighted by atomic mass is 9.98. The second-order valence-corrected chi connectivity index (χ2v) is 7.94. The molecule has 4 heteroatoms. The van der Waals surface area contributed by atoms with Crippen molar-refractivity contribution in [1.29, 1.82) is 0 Å². The fourth-order valence-electron chi connectivity index (χ4n) is 3.53. The summed E-state index contributed by atoms with van der Waals surface area (Å²) in [6, 6.07) is 20.3. The highest BCUT2D eigenvalue weighted by atomic mass is 16.1. The van der Waals surface area contributed by atoms with Crippen molar-refractivity contribution in [3.05, 3.63) is 95.3 Å². The number of benzene rings is 2. The Bertz CT molecular complexity index is 1180. The van der Waals surface area contributed by atoms with Gasteiger partial charge in [0.15, 0.2) is 12.4 Å². The number of pyridine rings is 2. The summed E-state index contributed by atoms with van der Waals surface area (Å²) < 4.78 is 0. The monoisotopic (exact) mass is 396 g/mol. The molecule has 2 heterocycles. The van der Waals surface area contributed by atoms with E-state index in [1.165, 1.54) is 5.56 Å². The van der Waals surface area contributed by atoms with Crippen LogP contribution < -0.4 is 10.3 Å². The van der Waals surface area contributed by atoms with Crippen molar-refractivity contribution in [2.24, 2.45) is 0 Å². The van der Waals surface area contributed by atoms with Crippen molar-refractivity contribution in [2.45, 2.75) is 33.2 Å². The van der Waals surface area contributed by atoms with Gasteiger partial charge in [0, 0.05) is 29.6 Å². The number of hydrogen-bond acceptors (Lipinski definition) is 2. The third-order valence-corrected chi connectivity index (χ3v) is 5.32. The molecule has 0 unspecified atom stereocenters. The zero-order valence-electron chi connectivity index (χ0n) is 17.6. The Balaban J connectivity index is 1.73. The van der Waals surface area contributed by atoms with Gasteiger partial charge >= 0.3 is 0 Å². The first kappa shape index (κ1) is 19.8. The zero-order chi connectivity index (χ0) is 21.1. The number of amides is 1. The molecule has 0 aliphatic carbocycles. The van der Waals surface area contributed by atoms with E-state index in [2.05, 4.69) is 48.4 Å². The van der Waals surface area contributed by atoms with Crippen LogP contribution in [-0.4, -0.2) is 10.9 Å². The summed E-state index contributed by atoms with van der Waals surface area (Å²) in [5.41, 5.74) is 6.72. The number of hydrogen-bond donors (Lipinski definition) is 1. The summed E-state index contributed by atoms with van der Waals surface area (Å²) in [4.78, 5) is 21.0. The van der Waals surface area contributed by atoms with Crippen molar-refractivity contribution in [3.63, 3.8) is 0 Å². The molecule has 2 aromatic heterocycles. The molecule has 4 rings (SSSR count). The van der Waals surface area contributed by atoms with Gasteiger partial charge in [0.25, 0.3) is 5.91 Å². The van der Waals surface area contributed by atoms with Crippen LogP contribution in [0, 0.1) is 6.92 Å². The normalized spacial score (nSPS) is 11.1. The molecule has 0 aliphatic rings. The molecule has 0 fully saturated rings. The summed E-state index contributed by atoms with van der Waals surface area (Å²) in [6.07, 6.45) is 3.71. The highest BCUT2D eigenvalue weighted by Crippen LogP contribution is 2.27. The first-order valence-electron chi connectivity index (χ1n) is 10.3. The predicted molar refractivity (Wildman–Crippen MR) is 120 cm³/mol. The Morgan fingerprint density at radius 3 is 2.43 bits per heavy atom. The first-order chi connectivity index (χ1) is 14.5. The quantitative estimate of drug-likeness (QED) is 0.512. The number of fused-ring (bicyclic) bond motifs is 1. The smallest absolute Gasteiger partial charge is 0.252 e. The molecule has 4 aromatic rings. The summed E-state index contributed by atoms with van der Waals surface area (Å²) in [6.45, 7) is 6.86. The lowest BCUT2D eigenvalue weighted by molar-refractivity contribution is -0.378. The molecule has 0 spiro atoms. The standard InChI is InChI=1S/C26H25N3O/c1-17(2)20-5-7-21(8-6-20)25-15-23(22-14-18(3)4-9-24(22)29-25)26(30)28-16-19-10-12-27-13-11-19/h4-15,17H,16H2,1-3H3,(H,28,30)/p+1. The maximum Gasteiger partial charge on any atom is 0.252 e. The van der Waals surface area contributed by atoms with Gasteiger partial charge in [0.2, 0.25) is 0 Å². The van der Waals surface area contributed by atoms with Crippen LogP contribution in [0.1, 0.15) is 46.8 Å². The number of carbonyl (C=O) groups is 1. The third kappa shape index (κ3) is 4.23. The van der Waals surface area contributed by atoms with Crippen molar-refractivity contribution in [1.82, 2.24) is 10.3 Å². The van der Waals surface area contributed by atoms with Gasteiger partial charge in [-0.3, -0.25) is 4.79 Å². The van der Waals surface area contributed by atoms with Crippen LogP contribution in [0.5, 0.6) is 0 Å². The number of carbonyl (C=O) groups excluding carboxylic acids is 1. The van der Waals surface area contributed by atoms with Crippen LogP contribution >= 0.6 is 0 Å². The Kier molecular flexibility index (Phi) is 5.57. The van der Waals surface area contributed by atoms with E-state index >= 15 is 0 Å². The van der Waals surface area contributed by atoms with Crippen molar-refractivity contribution >= 4 is 16.8 Å². The van der Waals surface area contributed by atoms with Gasteiger partial charge in [-0.05, 0) is 42.2 Å². The largest absolute Gasteiger partial charge is 0.348 e. The predicted octanol–water partition coefficient (Wildman–Crippen LogP) is 5.08. The fraction of sp³-hybridized carbons (Fsp3) is 0.192. The molecule has 0 saturated heterocycles. The lowest BCUT2D eigenvalue weighted by Gasteiger charge is -2.12. The molecule has 30 heavy (non-hydrogen) atoms. The molecule has 150 valence electrons. The number of rotatable bonds is 5. The number of aromatic nitrogens is 2. The molecule has 2 aromatic carbocycles. The summed E-state index contributed by atoms with van der Waals surface area (Å²) in [5, 5.41) is 3.92. The molecular formula is C26H26N3O+. The van der Waals surface area contributed by atoms with Crippen LogP contribution in [-0.2, 0) is 6.54 Å². The summed E-state index contributed by atoms with van der Waals surface area (Å²) in [7, 11) is 0. The van der Waals surface area contributed by atoms with Crippen LogP contribution in [0.3, 0.4) is 0 Å². The van der Waals surface area contributed by atoms with Crippen molar-refractivity contribution in [2.75, 3.05) is 0 Å². The average molecular weight is 397 g/mol. The SMILES string of the molecule is Cc1ccc2nc(-c3ccc(C(C)C)cc3)cc(C(=O)NCc3cc[nH+]cc3)c2c1. The van der Waals surface area contributed by atoms with Gasteiger partial charge in [-0.25, -0.2) is 9.97 Å². The molecule has 4 nitrogen and oxygen atoms in total. The van der Waals surface area contributed by atoms with Crippen molar-refractivity contribution < 1.29 is 9.78 Å². The molecule has 2 N–H and O–H groups in total. The fourth-order valence-corrected chi connectivity index (χ4v) is 3.53. The average Bonchev–Trinajstić information content (AvgIpc) is 2.77. The number of H-pyrrole nitrogens is 1. The maximum absolute atomic E-state index is 13.1. The molecule has 0 atom stereocenters. The van der Waals surface area contributed by atoms with Crippen molar-refractivity contribution in [3.8, 4) is 11.3 Å². The molecule has 0 bridgehead atoms. The Hall–Kier alpha value is -3.53. The van der Waals surface area contributed by atoms with Gasteiger partial charge in [-0.15, -0.1) is 0 Å². The highest BCUT2D eigenvalue weighted by Gasteiger charge is 2.15. The van der Waals surface area contributed by atoms with Gasteiger partial charge in [-0.1, -0.05) is 49.7 Å². The number of aromatic amines is 1. The van der Waals surface area contributed by atoms with Gasteiger partial charge in [0.05, 0.1) is 16.8 Å². The molecule has 1 amide bonds. The second-order valence-electron chi connectivity index (χ2n) is 7.94. The highest BCUT2D eigenvalue weighted by molar-refractivity contribution is 6.07. The number of nitrogens with one attached hydrogen (secondary N) is 2. The molecule has 0 aliphatic heterocycles. The van der Waals surface area contributed by atoms with E-state index in [-0.39, 0.29) is 5.91 Å². The number of nitrogens with zero attached hydrogens (tertiary/aromatic N) is 1. The summed E-state index contributed by atoms with van der Waals surface area (Å²) in [5.74, 6) is 0.379. The second kappa shape index (κ2) is 8.46. The minimum absolute atomic E-state index is 0.0964. The summed E-state index contributed by atoms with van der Waals surface area (Å²) >= 11 is 0. The van der Waals surface area contributed by atoms with E-state index in [0.717, 1.165) is 33.3 Å². The van der Waals surface area contributed by atoms with Crippen LogP contribution in [0.4, 0.5) is 0 Å². The van der Waals surface area contributed by atoms with Crippen LogP contribution in [0.2, 0.25) is 0 Å². The third-order valence-electron chi connectivity index (χ3n) is 5.32. The topological polar surface area (TPSA) is 56.1 Å². The van der Waals surface area contributed by atoms with Gasteiger partial charge < -0.3 is 5.32 Å². The van der Waals surface area contributed by atoms with Gasteiger partial charge in [0.1, 0.15) is 0 Å². The maximum atomic E-state index is 13.1. The van der Waals surface area contributed by atoms with Crippen LogP contribution in [0.15, 0.2) is 73.1 Å². The molecule has 0 saturated carbocycles. The Labute approximate surface area is 177 Å². The first-order valence-corrected chi connectivity index (χ1v) is 10.3. The van der Waals surface area contributed by atoms with E-state index in [9.17, 15) is 4.79 Å². The van der Waals surface area contributed by atoms with E-state index < -0.39 is 0 Å². The Morgan fingerprint density at radius 2 is 1.73 bits per heavy atom. The van der Waals surface area contributed by atoms with E-state index in [1.54, 1.807) is 0 Å². The molecule has 0 radical (unpaired) electrons. The number of aryl methyl sites for hydroxylation is 1. The van der Waals surface area contributed by atoms with Crippen LogP contribution in [0.25, 0.3) is 22.2 Å². The molecular weight excluding hydrogens is 370 g/mol. The Morgan fingerprint density at radius 1 is 1.00 bits per heavy atom. The van der Waals surface area contributed by atoms with E-state index in [0.29, 0.717) is 18.0 Å². The van der Waals surface area contributed by atoms with Gasteiger partial charge in [-0.2, -0.15) is 0 Å².